The van der Waals surface area contributed by atoms with Gasteiger partial charge in [-0.05, 0) is 67.5 Å². The molecule has 4 heterocycles. The highest BCUT2D eigenvalue weighted by Gasteiger charge is 2.61. The molecule has 2 saturated heterocycles. The topological polar surface area (TPSA) is 83.5 Å². The number of fused-ring (bicyclic) bond motifs is 2. The Morgan fingerprint density at radius 3 is 2.49 bits per heavy atom. The minimum Gasteiger partial charge on any atom is -0.462 e. The lowest BCUT2D eigenvalue weighted by atomic mass is 9.71. The molecule has 0 aromatic heterocycles. The molecule has 0 aromatic carbocycles. The Labute approximate surface area is 310 Å². The lowest BCUT2D eigenvalue weighted by molar-refractivity contribution is -0.300. The number of carbonyl (C=O) groups excluding carboxylic acids is 1. The highest BCUT2D eigenvalue weighted by molar-refractivity contribution is 14.1. The molecule has 0 saturated carbocycles. The van der Waals surface area contributed by atoms with Gasteiger partial charge in [-0.25, -0.2) is 0 Å². The van der Waals surface area contributed by atoms with E-state index in [1.54, 1.807) is 0 Å². The monoisotopic (exact) mass is 808 g/mol. The van der Waals surface area contributed by atoms with Crippen molar-refractivity contribution in [2.24, 2.45) is 23.7 Å². The number of alkyl halides is 1. The first-order valence-corrected chi connectivity index (χ1v) is 22.6. The predicted molar refractivity (Wildman–Crippen MR) is 206 cm³/mol. The van der Waals surface area contributed by atoms with Crippen LogP contribution in [-0.2, 0) is 28.2 Å². The minimum atomic E-state index is -2.26. The molecule has 5 rings (SSSR count). The van der Waals surface area contributed by atoms with Crippen molar-refractivity contribution in [3.8, 4) is 0 Å². The molecule has 2 bridgehead atoms. The van der Waals surface area contributed by atoms with Gasteiger partial charge in [0.2, 0.25) is 0 Å². The van der Waals surface area contributed by atoms with Gasteiger partial charge < -0.3 is 28.5 Å². The third kappa shape index (κ3) is 7.83. The second-order valence-corrected chi connectivity index (χ2v) is 23.1. The van der Waals surface area contributed by atoms with E-state index in [9.17, 15) is 9.90 Å². The number of hydrogen-bond donors (Lipinski definition) is 1. The van der Waals surface area contributed by atoms with Crippen molar-refractivity contribution in [2.45, 2.75) is 152 Å². The minimum absolute atomic E-state index is 0.00170. The molecule has 1 spiro atoms. The first kappa shape index (κ1) is 39.1. The molecular formula is C40H61IO7Si. The molecule has 0 aromatic rings. The maximum absolute atomic E-state index is 14.5. The molecule has 49 heavy (non-hydrogen) atoms. The number of carbonyl (C=O) groups is 1. The van der Waals surface area contributed by atoms with Crippen LogP contribution in [0.15, 0.2) is 59.3 Å². The number of esters is 1. The van der Waals surface area contributed by atoms with Crippen LogP contribution in [0.4, 0.5) is 0 Å². The maximum atomic E-state index is 14.5. The fraction of sp³-hybridized carbons (Fsp3) is 0.725. The Bertz CT molecular complexity index is 1390. The molecule has 5 aliphatic rings. The van der Waals surface area contributed by atoms with E-state index in [1.165, 1.54) is 5.57 Å². The fourth-order valence-corrected chi connectivity index (χ4v) is 9.56. The maximum Gasteiger partial charge on any atom is 0.316 e. The average molecular weight is 809 g/mol. The van der Waals surface area contributed by atoms with Crippen molar-refractivity contribution in [1.29, 1.82) is 0 Å². The molecule has 4 aliphatic heterocycles. The SMILES string of the molecule is CC[C@H](C)[C@H]1O[C@]2(C=C[C@@H]1C)C[C@@H]1C[C@@H](C/C=C(\C)[C@H](I)[C@@H](C)/C=C/C=C3\CO[C@@H]4[C@H](O[Si](C)(C)C(C)(C)C)C(C)=C[C@@H](C(=O)O1)[C@]34O)O2. The lowest BCUT2D eigenvalue weighted by Gasteiger charge is -2.49. The second-order valence-electron chi connectivity index (χ2n) is 17.0. The summed E-state index contributed by atoms with van der Waals surface area (Å²) >= 11 is 2.53. The van der Waals surface area contributed by atoms with E-state index in [0.29, 0.717) is 30.8 Å². The Kier molecular flexibility index (Phi) is 11.8. The summed E-state index contributed by atoms with van der Waals surface area (Å²) in [6, 6.07) is 0. The number of halogens is 1. The van der Waals surface area contributed by atoms with Crippen LogP contribution >= 0.6 is 22.6 Å². The first-order chi connectivity index (χ1) is 22.8. The standard InChI is InChI=1S/C40H61IO7Si/c1-12-24(2)34-27(5)18-19-39(47-34)22-31-21-30(46-39)17-16-26(4)33(41)25(3)14-13-15-29-23-44-36-35(48-49(10,11)38(7,8)9)28(6)20-32(37(42)45-31)40(29,36)43/h13-16,18-20,24-25,27,30-36,43H,12,17,21-23H2,1-11H3/b14-13+,26-16+,29-15+/t24-,25-,27-,30+,31-,32-,33+,34+,35+,36+,39+,40+/m0/s1. The summed E-state index contributed by atoms with van der Waals surface area (Å²) in [5.74, 6) is -1.54. The summed E-state index contributed by atoms with van der Waals surface area (Å²) in [5, 5.41) is 12.8. The van der Waals surface area contributed by atoms with Crippen LogP contribution in [0.3, 0.4) is 0 Å². The number of rotatable bonds is 4. The van der Waals surface area contributed by atoms with Crippen LogP contribution in [-0.4, -0.2) is 71.8 Å². The van der Waals surface area contributed by atoms with Gasteiger partial charge in [0.25, 0.3) is 0 Å². The van der Waals surface area contributed by atoms with Gasteiger partial charge in [0.1, 0.15) is 23.7 Å². The highest BCUT2D eigenvalue weighted by Crippen LogP contribution is 2.49. The zero-order chi connectivity index (χ0) is 36.1. The molecule has 274 valence electrons. The van der Waals surface area contributed by atoms with E-state index in [2.05, 4.69) is 115 Å². The Morgan fingerprint density at radius 2 is 1.82 bits per heavy atom. The normalized spacial score (nSPS) is 43.8. The molecule has 12 atom stereocenters. The fourth-order valence-electron chi connectivity index (χ4n) is 7.77. The van der Waals surface area contributed by atoms with E-state index in [0.717, 1.165) is 12.0 Å². The summed E-state index contributed by atoms with van der Waals surface area (Å²) in [7, 11) is -2.26. The molecule has 1 N–H and O–H groups in total. The van der Waals surface area contributed by atoms with Gasteiger partial charge in [0, 0.05) is 22.7 Å². The van der Waals surface area contributed by atoms with Crippen LogP contribution in [0.1, 0.15) is 88.0 Å². The van der Waals surface area contributed by atoms with Gasteiger partial charge in [0.05, 0.1) is 24.9 Å². The zero-order valence-electron chi connectivity index (χ0n) is 31.6. The molecule has 2 fully saturated rings. The van der Waals surface area contributed by atoms with E-state index < -0.39 is 49.9 Å². The summed E-state index contributed by atoms with van der Waals surface area (Å²) in [4.78, 5) is 14.5. The summed E-state index contributed by atoms with van der Waals surface area (Å²) in [5.41, 5.74) is 1.22. The molecule has 9 heteroatoms. The second kappa shape index (κ2) is 14.7. The third-order valence-electron chi connectivity index (χ3n) is 12.2. The molecule has 0 radical (unpaired) electrons. The molecule has 0 amide bonds. The van der Waals surface area contributed by atoms with E-state index in [1.807, 2.05) is 25.2 Å². The molecule has 7 nitrogen and oxygen atoms in total. The van der Waals surface area contributed by atoms with Gasteiger partial charge in [-0.3, -0.25) is 4.79 Å². The average Bonchev–Trinajstić information content (AvgIpc) is 3.36. The number of ether oxygens (including phenoxy) is 4. The van der Waals surface area contributed by atoms with Gasteiger partial charge in [-0.1, -0.05) is 120 Å². The zero-order valence-corrected chi connectivity index (χ0v) is 34.8. The van der Waals surface area contributed by atoms with Crippen molar-refractivity contribution in [3.63, 3.8) is 0 Å². The van der Waals surface area contributed by atoms with Gasteiger partial charge in [-0.15, -0.1) is 0 Å². The molecular weight excluding hydrogens is 747 g/mol. The Balaban J connectivity index is 1.57. The Morgan fingerprint density at radius 1 is 1.10 bits per heavy atom. The highest BCUT2D eigenvalue weighted by atomic mass is 127. The largest absolute Gasteiger partial charge is 0.462 e. The summed E-state index contributed by atoms with van der Waals surface area (Å²) < 4.78 is 33.8. The molecule has 0 unspecified atom stereocenters. The predicted octanol–water partition coefficient (Wildman–Crippen LogP) is 8.78. The number of hydrogen-bond acceptors (Lipinski definition) is 7. The summed E-state index contributed by atoms with van der Waals surface area (Å²) in [6.45, 7) is 24.2. The van der Waals surface area contributed by atoms with Crippen molar-refractivity contribution in [2.75, 3.05) is 6.61 Å². The third-order valence-corrected chi connectivity index (χ3v) is 18.8. The van der Waals surface area contributed by atoms with Crippen molar-refractivity contribution < 1.29 is 33.3 Å². The van der Waals surface area contributed by atoms with Crippen molar-refractivity contribution in [3.05, 3.63) is 59.3 Å². The van der Waals surface area contributed by atoms with Crippen LogP contribution in [0.25, 0.3) is 0 Å². The van der Waals surface area contributed by atoms with Crippen LogP contribution in [0.5, 0.6) is 0 Å². The summed E-state index contributed by atoms with van der Waals surface area (Å²) in [6.07, 6.45) is 15.3. The van der Waals surface area contributed by atoms with E-state index >= 15 is 0 Å². The Hall–Kier alpha value is -1.08. The van der Waals surface area contributed by atoms with Crippen LogP contribution in [0, 0.1) is 23.7 Å². The van der Waals surface area contributed by atoms with Crippen LogP contribution in [0.2, 0.25) is 18.1 Å². The van der Waals surface area contributed by atoms with Gasteiger partial charge in [-0.2, -0.15) is 0 Å². The molecule has 1 aliphatic carbocycles. The lowest BCUT2D eigenvalue weighted by Crippen LogP contribution is -2.60. The van der Waals surface area contributed by atoms with Gasteiger partial charge >= 0.3 is 5.97 Å². The van der Waals surface area contributed by atoms with E-state index in [4.69, 9.17) is 23.4 Å². The number of aliphatic hydroxyl groups is 1. The van der Waals surface area contributed by atoms with Crippen LogP contribution < -0.4 is 0 Å². The first-order valence-electron chi connectivity index (χ1n) is 18.5. The quantitative estimate of drug-likeness (QED) is 0.100. The van der Waals surface area contributed by atoms with Crippen molar-refractivity contribution >= 4 is 36.9 Å². The van der Waals surface area contributed by atoms with E-state index in [-0.39, 0.29) is 39.6 Å². The smallest absolute Gasteiger partial charge is 0.316 e. The number of allylic oxidation sites excluding steroid dienone is 4. The van der Waals surface area contributed by atoms with Gasteiger partial charge in [0.15, 0.2) is 14.1 Å². The van der Waals surface area contributed by atoms with Crippen molar-refractivity contribution in [1.82, 2.24) is 0 Å².